The summed E-state index contributed by atoms with van der Waals surface area (Å²) in [5.74, 6) is -0.260. The minimum absolute atomic E-state index is 0.159. The van der Waals surface area contributed by atoms with E-state index in [9.17, 15) is 18.0 Å². The molecule has 2 rings (SSSR count). The number of benzene rings is 2. The third kappa shape index (κ3) is 4.38. The second kappa shape index (κ2) is 7.98. The molecule has 0 aliphatic carbocycles. The highest BCUT2D eigenvalue weighted by molar-refractivity contribution is 7.89. The summed E-state index contributed by atoms with van der Waals surface area (Å²) in [7, 11) is -2.72. The Morgan fingerprint density at radius 2 is 1.81 bits per heavy atom. The van der Waals surface area contributed by atoms with Gasteiger partial charge in [0.15, 0.2) is 5.78 Å². The second-order valence-corrected chi connectivity index (χ2v) is 6.75. The Labute approximate surface area is 151 Å². The molecule has 0 atom stereocenters. The van der Waals surface area contributed by atoms with Gasteiger partial charge in [-0.15, -0.1) is 0 Å². The molecule has 4 N–H and O–H groups in total. The van der Waals surface area contributed by atoms with Crippen LogP contribution in [0.1, 0.15) is 22.8 Å². The van der Waals surface area contributed by atoms with Gasteiger partial charge in [-0.05, 0) is 37.3 Å². The number of ether oxygens (including phenoxy) is 1. The minimum atomic E-state index is -4.15. The Balaban J connectivity index is 2.60. The van der Waals surface area contributed by atoms with E-state index in [1.54, 1.807) is 25.1 Å². The molecule has 8 nitrogen and oxygen atoms in total. The number of para-hydroxylation sites is 1. The van der Waals surface area contributed by atoms with Crippen LogP contribution in [-0.2, 0) is 10.0 Å². The van der Waals surface area contributed by atoms with Crippen molar-refractivity contribution in [3.63, 3.8) is 0 Å². The summed E-state index contributed by atoms with van der Waals surface area (Å²) < 4.78 is 29.2. The zero-order valence-electron chi connectivity index (χ0n) is 14.3. The molecule has 0 spiro atoms. The normalized spacial score (nSPS) is 10.9. The van der Waals surface area contributed by atoms with E-state index in [0.717, 1.165) is 0 Å². The SMILES string of the molecule is CCOc1ccccc1C(=O)c1cc(NC(=O)NC)ccc1S(N)(=O)=O. The molecule has 0 aliphatic heterocycles. The van der Waals surface area contributed by atoms with Crippen molar-refractivity contribution in [1.29, 1.82) is 0 Å². The molecule has 138 valence electrons. The molecule has 2 aromatic carbocycles. The highest BCUT2D eigenvalue weighted by atomic mass is 32.2. The fraction of sp³-hybridized carbons (Fsp3) is 0.176. The molecule has 9 heteroatoms. The van der Waals surface area contributed by atoms with Gasteiger partial charge in [-0.25, -0.2) is 18.4 Å². The fourth-order valence-corrected chi connectivity index (χ4v) is 3.02. The summed E-state index contributed by atoms with van der Waals surface area (Å²) in [5.41, 5.74) is 0.277. The lowest BCUT2D eigenvalue weighted by Gasteiger charge is -2.13. The maximum Gasteiger partial charge on any atom is 0.318 e. The Morgan fingerprint density at radius 3 is 2.42 bits per heavy atom. The van der Waals surface area contributed by atoms with E-state index in [2.05, 4.69) is 10.6 Å². The Bertz CT molecular complexity index is 941. The monoisotopic (exact) mass is 377 g/mol. The van der Waals surface area contributed by atoms with Crippen molar-refractivity contribution >= 4 is 27.5 Å². The molecule has 0 radical (unpaired) electrons. The van der Waals surface area contributed by atoms with Crippen molar-refractivity contribution in [1.82, 2.24) is 5.32 Å². The molecular weight excluding hydrogens is 358 g/mol. The van der Waals surface area contributed by atoms with E-state index in [-0.39, 0.29) is 21.7 Å². The number of carbonyl (C=O) groups is 2. The first-order valence-corrected chi connectivity index (χ1v) is 9.24. The van der Waals surface area contributed by atoms with Crippen molar-refractivity contribution in [2.75, 3.05) is 19.0 Å². The van der Waals surface area contributed by atoms with Gasteiger partial charge in [0.1, 0.15) is 5.75 Å². The highest BCUT2D eigenvalue weighted by Crippen LogP contribution is 2.27. The van der Waals surface area contributed by atoms with Crippen LogP contribution >= 0.6 is 0 Å². The summed E-state index contributed by atoms with van der Waals surface area (Å²) in [4.78, 5) is 24.1. The molecule has 0 heterocycles. The number of primary sulfonamides is 1. The van der Waals surface area contributed by atoms with E-state index in [1.807, 2.05) is 0 Å². The van der Waals surface area contributed by atoms with Crippen molar-refractivity contribution in [2.45, 2.75) is 11.8 Å². The summed E-state index contributed by atoms with van der Waals surface area (Å²) in [6.45, 7) is 2.11. The molecule has 0 aliphatic rings. The Morgan fingerprint density at radius 1 is 1.12 bits per heavy atom. The van der Waals surface area contributed by atoms with E-state index in [4.69, 9.17) is 9.88 Å². The van der Waals surface area contributed by atoms with Gasteiger partial charge in [-0.2, -0.15) is 0 Å². The van der Waals surface area contributed by atoms with Crippen LogP contribution in [0.2, 0.25) is 0 Å². The first kappa shape index (κ1) is 19.4. The number of nitrogens with one attached hydrogen (secondary N) is 2. The van der Waals surface area contributed by atoms with Gasteiger partial charge in [0.25, 0.3) is 0 Å². The van der Waals surface area contributed by atoms with Crippen LogP contribution in [-0.4, -0.2) is 33.9 Å². The summed E-state index contributed by atoms with van der Waals surface area (Å²) >= 11 is 0. The number of carbonyl (C=O) groups excluding carboxylic acids is 2. The van der Waals surface area contributed by atoms with Crippen LogP contribution < -0.4 is 20.5 Å². The Hall–Kier alpha value is -2.91. The van der Waals surface area contributed by atoms with Crippen molar-refractivity contribution in [3.05, 3.63) is 53.6 Å². The summed E-state index contributed by atoms with van der Waals surface area (Å²) in [6, 6.07) is 9.75. The van der Waals surface area contributed by atoms with E-state index in [1.165, 1.54) is 31.3 Å². The first-order chi connectivity index (χ1) is 12.3. The zero-order valence-corrected chi connectivity index (χ0v) is 15.1. The lowest BCUT2D eigenvalue weighted by molar-refractivity contribution is 0.103. The number of anilines is 1. The topological polar surface area (TPSA) is 128 Å². The van der Waals surface area contributed by atoms with Gasteiger partial charge in [0.05, 0.1) is 17.1 Å². The molecule has 0 bridgehead atoms. The molecule has 26 heavy (non-hydrogen) atoms. The van der Waals surface area contributed by atoms with Gasteiger partial charge < -0.3 is 15.4 Å². The van der Waals surface area contributed by atoms with Gasteiger partial charge >= 0.3 is 6.03 Å². The van der Waals surface area contributed by atoms with Crippen molar-refractivity contribution in [2.24, 2.45) is 5.14 Å². The molecule has 0 saturated heterocycles. The number of ketones is 1. The lowest BCUT2D eigenvalue weighted by atomic mass is 10.0. The second-order valence-electron chi connectivity index (χ2n) is 5.22. The average Bonchev–Trinajstić information content (AvgIpc) is 2.60. The van der Waals surface area contributed by atoms with E-state index in [0.29, 0.717) is 12.4 Å². The predicted octanol–water partition coefficient (Wildman–Crippen LogP) is 1.71. The van der Waals surface area contributed by atoms with Gasteiger partial charge in [0, 0.05) is 18.3 Å². The number of rotatable bonds is 6. The van der Waals surface area contributed by atoms with Crippen LogP contribution in [0.5, 0.6) is 5.75 Å². The first-order valence-electron chi connectivity index (χ1n) is 7.70. The Kier molecular flexibility index (Phi) is 5.96. The summed E-state index contributed by atoms with van der Waals surface area (Å²) in [6.07, 6.45) is 0. The fourth-order valence-electron chi connectivity index (χ4n) is 2.31. The number of amides is 2. The number of sulfonamides is 1. The molecular formula is C17H19N3O5S. The van der Waals surface area contributed by atoms with Crippen molar-refractivity contribution in [3.8, 4) is 5.75 Å². The predicted molar refractivity (Wildman–Crippen MR) is 96.9 cm³/mol. The number of hydrogen-bond acceptors (Lipinski definition) is 5. The maximum atomic E-state index is 13.0. The molecule has 2 aromatic rings. The van der Waals surface area contributed by atoms with Crippen LogP contribution in [0, 0.1) is 0 Å². The third-order valence-corrected chi connectivity index (χ3v) is 4.42. The van der Waals surface area contributed by atoms with Crippen LogP contribution in [0.25, 0.3) is 0 Å². The van der Waals surface area contributed by atoms with Crippen LogP contribution in [0.15, 0.2) is 47.4 Å². The molecule has 0 aromatic heterocycles. The van der Waals surface area contributed by atoms with E-state index < -0.39 is 21.8 Å². The number of urea groups is 1. The summed E-state index contributed by atoms with van der Waals surface area (Å²) in [5, 5.41) is 10.1. The van der Waals surface area contributed by atoms with Crippen LogP contribution in [0.4, 0.5) is 10.5 Å². The van der Waals surface area contributed by atoms with Crippen molar-refractivity contribution < 1.29 is 22.7 Å². The third-order valence-electron chi connectivity index (χ3n) is 3.45. The van der Waals surface area contributed by atoms with E-state index >= 15 is 0 Å². The standard InChI is InChI=1S/C17H19N3O5S/c1-3-25-14-7-5-4-6-12(14)16(21)13-10-11(20-17(22)19-2)8-9-15(13)26(18,23)24/h4-10H,3H2,1-2H3,(H2,18,23,24)(H2,19,20,22). The maximum absolute atomic E-state index is 13.0. The highest BCUT2D eigenvalue weighted by Gasteiger charge is 2.23. The lowest BCUT2D eigenvalue weighted by Crippen LogP contribution is -2.25. The zero-order chi connectivity index (χ0) is 19.3. The van der Waals surface area contributed by atoms with Gasteiger partial charge in [-0.3, -0.25) is 4.79 Å². The number of nitrogens with two attached hydrogens (primary N) is 1. The molecule has 2 amide bonds. The molecule has 0 unspecified atom stereocenters. The largest absolute Gasteiger partial charge is 0.493 e. The number of hydrogen-bond donors (Lipinski definition) is 3. The van der Waals surface area contributed by atoms with Crippen LogP contribution in [0.3, 0.4) is 0 Å². The quantitative estimate of drug-likeness (QED) is 0.660. The smallest absolute Gasteiger partial charge is 0.318 e. The average molecular weight is 377 g/mol. The minimum Gasteiger partial charge on any atom is -0.493 e. The van der Waals surface area contributed by atoms with Gasteiger partial charge in [0.2, 0.25) is 10.0 Å². The van der Waals surface area contributed by atoms with Gasteiger partial charge in [-0.1, -0.05) is 12.1 Å². The molecule has 0 saturated carbocycles. The molecule has 0 fully saturated rings.